The largest absolute Gasteiger partial charge is 0.475 e. The van der Waals surface area contributed by atoms with Gasteiger partial charge >= 0.3 is 0 Å². The summed E-state index contributed by atoms with van der Waals surface area (Å²) in [7, 11) is 0. The van der Waals surface area contributed by atoms with Gasteiger partial charge in [-0.1, -0.05) is 6.07 Å². The number of nitrogens with one attached hydrogen (secondary N) is 2. The van der Waals surface area contributed by atoms with Crippen molar-refractivity contribution >= 4 is 41.3 Å². The van der Waals surface area contributed by atoms with Crippen LogP contribution in [0.3, 0.4) is 0 Å². The zero-order valence-corrected chi connectivity index (χ0v) is 18.4. The van der Waals surface area contributed by atoms with E-state index in [4.69, 9.17) is 4.74 Å². The molecule has 5 nitrogen and oxygen atoms in total. The van der Waals surface area contributed by atoms with Crippen molar-refractivity contribution in [2.24, 2.45) is 4.99 Å². The standard InChI is InChI=1S/C18H26N4OS.HI/c1-5-19-18(22-12-16-8-6-14(4)24-16)21-11-15-7-9-17(20-10-15)23-13(2)3;/h6-10,13H,5,11-12H2,1-4H3,(H2,19,21,22);1H. The third-order valence-electron chi connectivity index (χ3n) is 3.14. The molecule has 0 aliphatic carbocycles. The number of aryl methyl sites for hydroxylation is 1. The molecule has 2 aromatic heterocycles. The van der Waals surface area contributed by atoms with Crippen LogP contribution >= 0.6 is 35.3 Å². The summed E-state index contributed by atoms with van der Waals surface area (Å²) >= 11 is 1.80. The predicted octanol–water partition coefficient (Wildman–Crippen LogP) is 4.11. The van der Waals surface area contributed by atoms with E-state index in [1.807, 2.05) is 32.2 Å². The summed E-state index contributed by atoms with van der Waals surface area (Å²) in [6.45, 7) is 10.3. The molecule has 0 bridgehead atoms. The summed E-state index contributed by atoms with van der Waals surface area (Å²) in [6.07, 6.45) is 1.94. The maximum Gasteiger partial charge on any atom is 0.213 e. The first-order chi connectivity index (χ1) is 11.6. The van der Waals surface area contributed by atoms with E-state index in [0.29, 0.717) is 12.4 Å². The summed E-state index contributed by atoms with van der Waals surface area (Å²) in [6, 6.07) is 8.17. The number of aliphatic imine (C=N–C) groups is 1. The molecular weight excluding hydrogens is 447 g/mol. The first-order valence-corrected chi connectivity index (χ1v) is 9.07. The van der Waals surface area contributed by atoms with Gasteiger partial charge in [-0.25, -0.2) is 9.98 Å². The minimum absolute atomic E-state index is 0. The SMILES string of the molecule is CCNC(=NCc1ccc(OC(C)C)nc1)NCc1ccc(C)s1.I. The summed E-state index contributed by atoms with van der Waals surface area (Å²) in [5.41, 5.74) is 1.05. The van der Waals surface area contributed by atoms with E-state index in [0.717, 1.165) is 24.6 Å². The number of ether oxygens (including phenoxy) is 1. The smallest absolute Gasteiger partial charge is 0.213 e. The molecule has 0 spiro atoms. The molecule has 138 valence electrons. The normalized spacial score (nSPS) is 11.2. The van der Waals surface area contributed by atoms with Gasteiger partial charge in [0, 0.05) is 28.6 Å². The zero-order valence-electron chi connectivity index (χ0n) is 15.2. The van der Waals surface area contributed by atoms with Gasteiger partial charge in [0.05, 0.1) is 19.2 Å². The number of halogens is 1. The van der Waals surface area contributed by atoms with Gasteiger partial charge in [-0.05, 0) is 45.4 Å². The highest BCUT2D eigenvalue weighted by Crippen LogP contribution is 2.14. The second-order valence-corrected chi connectivity index (χ2v) is 7.10. The molecule has 0 radical (unpaired) electrons. The van der Waals surface area contributed by atoms with Crippen LogP contribution in [0.15, 0.2) is 35.5 Å². The van der Waals surface area contributed by atoms with E-state index < -0.39 is 0 Å². The summed E-state index contributed by atoms with van der Waals surface area (Å²) in [5.74, 6) is 1.46. The van der Waals surface area contributed by atoms with Gasteiger partial charge in [0.25, 0.3) is 0 Å². The van der Waals surface area contributed by atoms with Gasteiger partial charge in [-0.15, -0.1) is 35.3 Å². The molecule has 0 saturated heterocycles. The van der Waals surface area contributed by atoms with Crippen molar-refractivity contribution in [3.8, 4) is 5.88 Å². The number of guanidine groups is 1. The maximum atomic E-state index is 5.55. The van der Waals surface area contributed by atoms with Gasteiger partial charge in [0.15, 0.2) is 5.96 Å². The fourth-order valence-corrected chi connectivity index (χ4v) is 2.91. The van der Waals surface area contributed by atoms with E-state index >= 15 is 0 Å². The lowest BCUT2D eigenvalue weighted by atomic mass is 10.3. The number of nitrogens with zero attached hydrogens (tertiary/aromatic N) is 2. The molecule has 25 heavy (non-hydrogen) atoms. The van der Waals surface area contributed by atoms with Crippen LogP contribution in [0, 0.1) is 6.92 Å². The Kier molecular flexibility index (Phi) is 9.81. The lowest BCUT2D eigenvalue weighted by Gasteiger charge is -2.11. The van der Waals surface area contributed by atoms with Crippen LogP contribution in [-0.2, 0) is 13.1 Å². The van der Waals surface area contributed by atoms with E-state index in [1.54, 1.807) is 11.3 Å². The first-order valence-electron chi connectivity index (χ1n) is 8.26. The molecule has 0 aromatic carbocycles. The molecule has 2 aromatic rings. The van der Waals surface area contributed by atoms with Crippen molar-refractivity contribution < 1.29 is 4.74 Å². The Labute approximate surface area is 171 Å². The van der Waals surface area contributed by atoms with Crippen molar-refractivity contribution in [1.82, 2.24) is 15.6 Å². The summed E-state index contributed by atoms with van der Waals surface area (Å²) < 4.78 is 5.55. The average Bonchev–Trinajstić information content (AvgIpc) is 2.96. The van der Waals surface area contributed by atoms with Gasteiger partial charge in [-0.2, -0.15) is 0 Å². The van der Waals surface area contributed by atoms with Crippen LogP contribution in [0.2, 0.25) is 0 Å². The molecule has 0 aliphatic rings. The molecule has 2 rings (SSSR count). The number of hydrogen-bond acceptors (Lipinski definition) is 4. The Morgan fingerprint density at radius 3 is 2.60 bits per heavy atom. The highest BCUT2D eigenvalue weighted by molar-refractivity contribution is 14.0. The van der Waals surface area contributed by atoms with Crippen LogP contribution in [0.5, 0.6) is 5.88 Å². The Morgan fingerprint density at radius 2 is 2.04 bits per heavy atom. The lowest BCUT2D eigenvalue weighted by molar-refractivity contribution is 0.232. The van der Waals surface area contributed by atoms with Gasteiger partial charge in [0.2, 0.25) is 5.88 Å². The fourth-order valence-electron chi connectivity index (χ4n) is 2.08. The molecule has 7 heteroatoms. The van der Waals surface area contributed by atoms with Crippen molar-refractivity contribution in [3.05, 3.63) is 45.8 Å². The molecule has 0 fully saturated rings. The fraction of sp³-hybridized carbons (Fsp3) is 0.444. The lowest BCUT2D eigenvalue weighted by Crippen LogP contribution is -2.36. The van der Waals surface area contributed by atoms with Crippen LogP contribution in [0.4, 0.5) is 0 Å². The Morgan fingerprint density at radius 1 is 1.24 bits per heavy atom. The molecule has 0 saturated carbocycles. The van der Waals surface area contributed by atoms with Crippen molar-refractivity contribution in [1.29, 1.82) is 0 Å². The Balaban J connectivity index is 0.00000312. The van der Waals surface area contributed by atoms with E-state index in [2.05, 4.69) is 46.6 Å². The molecule has 0 amide bonds. The maximum absolute atomic E-state index is 5.55. The number of aromatic nitrogens is 1. The molecule has 0 aliphatic heterocycles. The van der Waals surface area contributed by atoms with Gasteiger partial charge in [0.1, 0.15) is 0 Å². The highest BCUT2D eigenvalue weighted by Gasteiger charge is 2.02. The predicted molar refractivity (Wildman–Crippen MR) is 116 cm³/mol. The minimum atomic E-state index is 0. The van der Waals surface area contributed by atoms with Gasteiger partial charge < -0.3 is 15.4 Å². The minimum Gasteiger partial charge on any atom is -0.475 e. The Hall–Kier alpha value is -1.35. The Bertz CT molecular complexity index is 655. The van der Waals surface area contributed by atoms with Crippen molar-refractivity contribution in [2.75, 3.05) is 6.54 Å². The molecule has 0 atom stereocenters. The topological polar surface area (TPSA) is 58.5 Å². The second kappa shape index (κ2) is 11.3. The molecule has 2 heterocycles. The van der Waals surface area contributed by atoms with E-state index in [1.165, 1.54) is 9.75 Å². The summed E-state index contributed by atoms with van der Waals surface area (Å²) in [4.78, 5) is 11.5. The van der Waals surface area contributed by atoms with Crippen LogP contribution in [0.1, 0.15) is 36.1 Å². The third kappa shape index (κ3) is 8.04. The van der Waals surface area contributed by atoms with Crippen LogP contribution in [-0.4, -0.2) is 23.6 Å². The highest BCUT2D eigenvalue weighted by atomic mass is 127. The monoisotopic (exact) mass is 474 g/mol. The van der Waals surface area contributed by atoms with E-state index in [-0.39, 0.29) is 30.1 Å². The molecular formula is C18H27IN4OS. The number of hydrogen-bond donors (Lipinski definition) is 2. The van der Waals surface area contributed by atoms with Crippen LogP contribution < -0.4 is 15.4 Å². The molecule has 2 N–H and O–H groups in total. The van der Waals surface area contributed by atoms with Crippen molar-refractivity contribution in [3.63, 3.8) is 0 Å². The van der Waals surface area contributed by atoms with Gasteiger partial charge in [-0.3, -0.25) is 0 Å². The first kappa shape index (κ1) is 21.7. The number of rotatable bonds is 7. The molecule has 0 unspecified atom stereocenters. The average molecular weight is 474 g/mol. The van der Waals surface area contributed by atoms with Crippen molar-refractivity contribution in [2.45, 2.75) is 46.9 Å². The number of thiophene rings is 1. The van der Waals surface area contributed by atoms with Crippen LogP contribution in [0.25, 0.3) is 0 Å². The quantitative estimate of drug-likeness (QED) is 0.360. The third-order valence-corrected chi connectivity index (χ3v) is 4.14. The summed E-state index contributed by atoms with van der Waals surface area (Å²) in [5, 5.41) is 6.63. The van der Waals surface area contributed by atoms with E-state index in [9.17, 15) is 0 Å². The second-order valence-electron chi connectivity index (χ2n) is 5.73. The number of pyridine rings is 1. The zero-order chi connectivity index (χ0) is 17.4.